The van der Waals surface area contributed by atoms with Crippen LogP contribution < -0.4 is 29.1 Å². The van der Waals surface area contributed by atoms with Gasteiger partial charge in [0.25, 0.3) is 5.56 Å². The number of fused-ring (bicyclic) bond motifs is 1. The van der Waals surface area contributed by atoms with Crippen LogP contribution in [0.2, 0.25) is 5.02 Å². The van der Waals surface area contributed by atoms with Gasteiger partial charge in [0, 0.05) is 10.6 Å². The first kappa shape index (κ1) is 33.0. The molecule has 8 nitrogen and oxygen atoms in total. The molecule has 0 spiro atoms. The molecule has 5 rings (SSSR count). The Morgan fingerprint density at radius 3 is 2.44 bits per heavy atom. The van der Waals surface area contributed by atoms with E-state index in [1.165, 1.54) is 11.3 Å². The van der Waals surface area contributed by atoms with Crippen molar-refractivity contribution in [1.29, 1.82) is 0 Å². The maximum absolute atomic E-state index is 14.1. The van der Waals surface area contributed by atoms with Crippen LogP contribution in [0.3, 0.4) is 0 Å². The number of carbonyl (C=O) groups excluding carboxylic acids is 1. The van der Waals surface area contributed by atoms with E-state index in [2.05, 4.69) is 36.9 Å². The fourth-order valence-corrected chi connectivity index (χ4v) is 7.64. The van der Waals surface area contributed by atoms with Crippen LogP contribution in [0.25, 0.3) is 6.08 Å². The number of benzene rings is 3. The van der Waals surface area contributed by atoms with Gasteiger partial charge in [0.05, 0.1) is 51.1 Å². The highest BCUT2D eigenvalue weighted by atomic mass is 79.9. The van der Waals surface area contributed by atoms with E-state index in [-0.39, 0.29) is 24.3 Å². The van der Waals surface area contributed by atoms with Crippen LogP contribution in [-0.2, 0) is 16.1 Å². The normalized spacial score (nSPS) is 14.6. The van der Waals surface area contributed by atoms with E-state index in [0.717, 1.165) is 11.1 Å². The molecule has 0 aliphatic carbocycles. The largest absolute Gasteiger partial charge is 0.493 e. The van der Waals surface area contributed by atoms with Crippen LogP contribution in [0.4, 0.5) is 0 Å². The lowest BCUT2D eigenvalue weighted by Gasteiger charge is -2.25. The van der Waals surface area contributed by atoms with E-state index in [4.69, 9.17) is 30.5 Å². The highest BCUT2D eigenvalue weighted by molar-refractivity contribution is 9.11. The molecule has 3 aromatic carbocycles. The number of halogens is 3. The van der Waals surface area contributed by atoms with Gasteiger partial charge in [0.15, 0.2) is 16.3 Å². The van der Waals surface area contributed by atoms with Gasteiger partial charge in [-0.25, -0.2) is 9.79 Å². The number of aromatic nitrogens is 1. The number of methoxy groups -OCH3 is 1. The quantitative estimate of drug-likeness (QED) is 0.162. The molecule has 1 aromatic heterocycles. The first-order chi connectivity index (χ1) is 21.7. The van der Waals surface area contributed by atoms with Crippen molar-refractivity contribution in [2.24, 2.45) is 4.99 Å². The third kappa shape index (κ3) is 6.91. The van der Waals surface area contributed by atoms with Crippen molar-refractivity contribution in [2.75, 3.05) is 20.3 Å². The molecular weight excluding hydrogens is 748 g/mol. The van der Waals surface area contributed by atoms with Crippen molar-refractivity contribution in [3.63, 3.8) is 0 Å². The monoisotopic (exact) mass is 774 g/mol. The summed E-state index contributed by atoms with van der Waals surface area (Å²) in [7, 11) is 1.56. The van der Waals surface area contributed by atoms with Gasteiger partial charge in [-0.05, 0) is 100 Å². The Morgan fingerprint density at radius 2 is 1.78 bits per heavy atom. The first-order valence-corrected chi connectivity index (χ1v) is 16.8. The molecule has 0 fully saturated rings. The van der Waals surface area contributed by atoms with E-state index in [9.17, 15) is 9.59 Å². The molecule has 1 aliphatic rings. The van der Waals surface area contributed by atoms with Gasteiger partial charge in [0.1, 0.15) is 12.4 Å². The molecule has 1 aliphatic heterocycles. The van der Waals surface area contributed by atoms with Gasteiger partial charge < -0.3 is 18.9 Å². The maximum atomic E-state index is 14.1. The molecule has 0 unspecified atom stereocenters. The summed E-state index contributed by atoms with van der Waals surface area (Å²) in [5, 5.41) is 0.625. The van der Waals surface area contributed by atoms with Crippen molar-refractivity contribution in [3.8, 4) is 17.2 Å². The standard InChI is InChI=1S/C33H29Br2ClN2O6S/c1-5-42-26-16-20(11-12-25(26)41-4)29-28(32(40)43-6-2)18(3)37-33-38(29)31(39)27(45-33)15-19-13-22(34)30(23(35)14-19)44-17-21-9-7-8-10-24(21)36/h7-16,29H,5-6,17H2,1-4H3/b27-15-/t29-/m0/s1. The Labute approximate surface area is 285 Å². The van der Waals surface area contributed by atoms with E-state index >= 15 is 0 Å². The van der Waals surface area contributed by atoms with Gasteiger partial charge in [-0.2, -0.15) is 0 Å². The second-order valence-corrected chi connectivity index (χ2v) is 13.0. The Morgan fingerprint density at radius 1 is 1.04 bits per heavy atom. The molecule has 12 heteroatoms. The lowest BCUT2D eigenvalue weighted by atomic mass is 9.95. The number of ether oxygens (including phenoxy) is 4. The molecule has 0 saturated carbocycles. The van der Waals surface area contributed by atoms with Crippen LogP contribution in [0.1, 0.15) is 43.5 Å². The fourth-order valence-electron chi connectivity index (χ4n) is 4.96. The SMILES string of the molecule is CCOC(=O)C1=C(C)N=c2s/c(=C\c3cc(Br)c(OCc4ccccc4Cl)c(Br)c3)c(=O)n2[C@H]1c1ccc(OC)c(OCC)c1. The number of esters is 1. The molecule has 234 valence electrons. The molecule has 2 heterocycles. The van der Waals surface area contributed by atoms with Crippen molar-refractivity contribution in [1.82, 2.24) is 4.57 Å². The van der Waals surface area contributed by atoms with E-state index < -0.39 is 12.0 Å². The van der Waals surface area contributed by atoms with Gasteiger partial charge in [0.2, 0.25) is 0 Å². The molecule has 4 aromatic rings. The highest BCUT2D eigenvalue weighted by Crippen LogP contribution is 2.37. The Bertz CT molecular complexity index is 1960. The van der Waals surface area contributed by atoms with Crippen LogP contribution in [0.15, 0.2) is 84.6 Å². The summed E-state index contributed by atoms with van der Waals surface area (Å²) >= 11 is 14.8. The van der Waals surface area contributed by atoms with Crippen LogP contribution in [-0.4, -0.2) is 30.9 Å². The number of thiazole rings is 1. The van der Waals surface area contributed by atoms with Gasteiger partial charge in [-0.1, -0.05) is 47.2 Å². The van der Waals surface area contributed by atoms with Crippen molar-refractivity contribution >= 4 is 66.8 Å². The van der Waals surface area contributed by atoms with Crippen LogP contribution in [0, 0.1) is 0 Å². The number of rotatable bonds is 10. The minimum atomic E-state index is -0.786. The van der Waals surface area contributed by atoms with Gasteiger partial charge in [-0.3, -0.25) is 9.36 Å². The highest BCUT2D eigenvalue weighted by Gasteiger charge is 2.34. The van der Waals surface area contributed by atoms with E-state index in [1.54, 1.807) is 43.7 Å². The molecule has 45 heavy (non-hydrogen) atoms. The Kier molecular flexibility index (Phi) is 10.5. The first-order valence-electron chi connectivity index (χ1n) is 14.0. The predicted molar refractivity (Wildman–Crippen MR) is 182 cm³/mol. The molecule has 0 amide bonds. The fraction of sp³-hybridized carbons (Fsp3) is 0.242. The molecular formula is C33H29Br2ClN2O6S. The number of hydrogen-bond donors (Lipinski definition) is 0. The summed E-state index contributed by atoms with van der Waals surface area (Å²) in [5.74, 6) is 1.12. The third-order valence-electron chi connectivity index (χ3n) is 6.97. The van der Waals surface area contributed by atoms with Crippen molar-refractivity contribution in [2.45, 2.75) is 33.4 Å². The Balaban J connectivity index is 1.59. The summed E-state index contributed by atoms with van der Waals surface area (Å²) in [5.41, 5.74) is 2.75. The second kappa shape index (κ2) is 14.4. The van der Waals surface area contributed by atoms with Crippen molar-refractivity contribution < 1.29 is 23.7 Å². The lowest BCUT2D eigenvalue weighted by molar-refractivity contribution is -0.139. The van der Waals surface area contributed by atoms with Gasteiger partial charge >= 0.3 is 5.97 Å². The average Bonchev–Trinajstić information content (AvgIpc) is 3.30. The van der Waals surface area contributed by atoms with Gasteiger partial charge in [-0.15, -0.1) is 0 Å². The molecule has 0 bridgehead atoms. The molecule has 0 radical (unpaired) electrons. The smallest absolute Gasteiger partial charge is 0.338 e. The van der Waals surface area contributed by atoms with E-state index in [1.807, 2.05) is 49.4 Å². The van der Waals surface area contributed by atoms with E-state index in [0.29, 0.717) is 58.4 Å². The third-order valence-corrected chi connectivity index (χ3v) is 9.50. The number of allylic oxidation sites excluding steroid dienone is 1. The maximum Gasteiger partial charge on any atom is 0.338 e. The predicted octanol–water partition coefficient (Wildman–Crippen LogP) is 6.96. The summed E-state index contributed by atoms with van der Waals surface area (Å²) in [6.07, 6.45) is 1.79. The molecule has 0 N–H and O–H groups in total. The number of carbonyl (C=O) groups is 1. The molecule has 1 atom stereocenters. The van der Waals surface area contributed by atoms with Crippen LogP contribution >= 0.6 is 54.8 Å². The minimum absolute atomic E-state index is 0.182. The Hall–Kier alpha value is -3.38. The molecule has 0 saturated heterocycles. The lowest BCUT2D eigenvalue weighted by Crippen LogP contribution is -2.40. The summed E-state index contributed by atoms with van der Waals surface area (Å²) in [4.78, 5) is 32.5. The average molecular weight is 777 g/mol. The number of nitrogens with zero attached hydrogens (tertiary/aromatic N) is 2. The van der Waals surface area contributed by atoms with Crippen molar-refractivity contribution in [3.05, 3.63) is 116 Å². The summed E-state index contributed by atoms with van der Waals surface area (Å²) in [6, 6.07) is 15.8. The zero-order valence-corrected chi connectivity index (χ0v) is 29.6. The second-order valence-electron chi connectivity index (χ2n) is 9.84. The summed E-state index contributed by atoms with van der Waals surface area (Å²) in [6.45, 7) is 6.24. The summed E-state index contributed by atoms with van der Waals surface area (Å²) < 4.78 is 26.1. The zero-order chi connectivity index (χ0) is 32.2. The van der Waals surface area contributed by atoms with Crippen LogP contribution in [0.5, 0.6) is 17.2 Å². The topological polar surface area (TPSA) is 88.4 Å². The minimum Gasteiger partial charge on any atom is -0.493 e. The number of hydrogen-bond acceptors (Lipinski definition) is 8. The zero-order valence-electron chi connectivity index (χ0n) is 24.9.